The highest BCUT2D eigenvalue weighted by Gasteiger charge is 2.41. The minimum absolute atomic E-state index is 0.0990. The minimum atomic E-state index is -0.522. The summed E-state index contributed by atoms with van der Waals surface area (Å²) in [7, 11) is 0. The van der Waals surface area contributed by atoms with E-state index >= 15 is 0 Å². The summed E-state index contributed by atoms with van der Waals surface area (Å²) >= 11 is 0. The van der Waals surface area contributed by atoms with Crippen LogP contribution in [0, 0.1) is 6.92 Å². The lowest BCUT2D eigenvalue weighted by Gasteiger charge is -2.29. The fourth-order valence-electron chi connectivity index (χ4n) is 2.94. The van der Waals surface area contributed by atoms with Crippen LogP contribution in [0.1, 0.15) is 36.9 Å². The molecule has 5 heteroatoms. The van der Waals surface area contributed by atoms with Gasteiger partial charge in [0.2, 0.25) is 5.91 Å². The molecule has 1 heterocycles. The van der Waals surface area contributed by atoms with Crippen LogP contribution in [-0.2, 0) is 14.3 Å². The quantitative estimate of drug-likeness (QED) is 0.854. The third-order valence-corrected chi connectivity index (χ3v) is 3.83. The van der Waals surface area contributed by atoms with Crippen molar-refractivity contribution in [1.82, 2.24) is 4.90 Å². The van der Waals surface area contributed by atoms with E-state index in [1.807, 2.05) is 25.1 Å². The van der Waals surface area contributed by atoms with Gasteiger partial charge >= 0.3 is 5.97 Å². The number of nitrogens with two attached hydrogens (primary N) is 1. The Morgan fingerprint density at radius 1 is 1.38 bits per heavy atom. The number of hydrogen-bond donors (Lipinski definition) is 1. The van der Waals surface area contributed by atoms with Crippen LogP contribution in [0.3, 0.4) is 0 Å². The molecule has 2 rings (SSSR count). The van der Waals surface area contributed by atoms with Gasteiger partial charge in [0.1, 0.15) is 6.04 Å². The van der Waals surface area contributed by atoms with Crippen molar-refractivity contribution in [2.75, 3.05) is 13.2 Å². The lowest BCUT2D eigenvalue weighted by Crippen LogP contribution is -2.45. The molecule has 1 amide bonds. The van der Waals surface area contributed by atoms with E-state index in [4.69, 9.17) is 10.5 Å². The molecule has 0 radical (unpaired) electrons. The second-order valence-electron chi connectivity index (χ2n) is 5.28. The van der Waals surface area contributed by atoms with Gasteiger partial charge in [-0.3, -0.25) is 4.79 Å². The lowest BCUT2D eigenvalue weighted by atomic mass is 10.0. The number of hydrogen-bond acceptors (Lipinski definition) is 4. The van der Waals surface area contributed by atoms with Gasteiger partial charge in [-0.15, -0.1) is 0 Å². The molecule has 1 aromatic carbocycles. The van der Waals surface area contributed by atoms with E-state index in [0.29, 0.717) is 13.0 Å². The minimum Gasteiger partial charge on any atom is -0.464 e. The standard InChI is InChI=1S/C16H22N2O3/c1-3-21-16(20)14-8-7-13(18(14)15(19)10-17)12-6-4-5-11(2)9-12/h4-6,9,13-14H,3,7-8,10,17H2,1-2H3/t13-,14+/m1/s1. The van der Waals surface area contributed by atoms with Crippen molar-refractivity contribution in [3.63, 3.8) is 0 Å². The molecule has 1 fully saturated rings. The maximum atomic E-state index is 12.2. The van der Waals surface area contributed by atoms with Gasteiger partial charge in [0.05, 0.1) is 19.2 Å². The molecule has 2 atom stereocenters. The average molecular weight is 290 g/mol. The Balaban J connectivity index is 2.29. The molecule has 2 N–H and O–H groups in total. The zero-order valence-corrected chi connectivity index (χ0v) is 12.5. The monoisotopic (exact) mass is 290 g/mol. The predicted octanol–water partition coefficient (Wildman–Crippen LogP) is 1.55. The zero-order valence-electron chi connectivity index (χ0n) is 12.5. The maximum Gasteiger partial charge on any atom is 0.328 e. The highest BCUT2D eigenvalue weighted by molar-refractivity contribution is 5.86. The fraction of sp³-hybridized carbons (Fsp3) is 0.500. The number of likely N-dealkylation sites (tertiary alicyclic amines) is 1. The van der Waals surface area contributed by atoms with E-state index in [1.165, 1.54) is 0 Å². The third-order valence-electron chi connectivity index (χ3n) is 3.83. The molecule has 0 bridgehead atoms. The predicted molar refractivity (Wildman–Crippen MR) is 79.5 cm³/mol. The number of benzene rings is 1. The Labute approximate surface area is 125 Å². The summed E-state index contributed by atoms with van der Waals surface area (Å²) in [6.07, 6.45) is 1.36. The van der Waals surface area contributed by atoms with E-state index in [9.17, 15) is 9.59 Å². The van der Waals surface area contributed by atoms with Crippen molar-refractivity contribution in [2.24, 2.45) is 5.73 Å². The highest BCUT2D eigenvalue weighted by Crippen LogP contribution is 2.36. The molecule has 114 valence electrons. The first-order valence-electron chi connectivity index (χ1n) is 7.33. The molecule has 0 spiro atoms. The summed E-state index contributed by atoms with van der Waals surface area (Å²) in [5.41, 5.74) is 7.69. The molecular formula is C16H22N2O3. The SMILES string of the molecule is CCOC(=O)[C@@H]1CC[C@H](c2cccc(C)c2)N1C(=O)CN. The second kappa shape index (κ2) is 6.72. The number of amides is 1. The van der Waals surface area contributed by atoms with Crippen LogP contribution in [0.2, 0.25) is 0 Å². The van der Waals surface area contributed by atoms with E-state index in [0.717, 1.165) is 17.5 Å². The molecule has 0 aliphatic carbocycles. The van der Waals surface area contributed by atoms with Crippen molar-refractivity contribution in [1.29, 1.82) is 0 Å². The first-order chi connectivity index (χ1) is 10.1. The maximum absolute atomic E-state index is 12.2. The number of ether oxygens (including phenoxy) is 1. The summed E-state index contributed by atoms with van der Waals surface area (Å²) in [5.74, 6) is -0.550. The smallest absolute Gasteiger partial charge is 0.328 e. The molecule has 1 aliphatic rings. The van der Waals surface area contributed by atoms with Crippen LogP contribution >= 0.6 is 0 Å². The number of esters is 1. The van der Waals surface area contributed by atoms with Crippen molar-refractivity contribution in [3.05, 3.63) is 35.4 Å². The van der Waals surface area contributed by atoms with Crippen LogP contribution < -0.4 is 5.73 Å². The summed E-state index contributed by atoms with van der Waals surface area (Å²) in [5, 5.41) is 0. The van der Waals surface area contributed by atoms with E-state index < -0.39 is 6.04 Å². The van der Waals surface area contributed by atoms with Crippen LogP contribution in [0.15, 0.2) is 24.3 Å². The summed E-state index contributed by atoms with van der Waals surface area (Å²) in [4.78, 5) is 25.9. The number of aryl methyl sites for hydroxylation is 1. The molecule has 1 aliphatic heterocycles. The zero-order chi connectivity index (χ0) is 15.4. The van der Waals surface area contributed by atoms with Crippen molar-refractivity contribution < 1.29 is 14.3 Å². The topological polar surface area (TPSA) is 72.6 Å². The van der Waals surface area contributed by atoms with Gasteiger partial charge in [-0.05, 0) is 32.3 Å². The highest BCUT2D eigenvalue weighted by atomic mass is 16.5. The third kappa shape index (κ3) is 3.24. The number of nitrogens with zero attached hydrogens (tertiary/aromatic N) is 1. The van der Waals surface area contributed by atoms with Crippen LogP contribution in [0.5, 0.6) is 0 Å². The number of rotatable bonds is 4. The second-order valence-corrected chi connectivity index (χ2v) is 5.28. The molecule has 21 heavy (non-hydrogen) atoms. The Hall–Kier alpha value is -1.88. The van der Waals surface area contributed by atoms with Crippen LogP contribution in [-0.4, -0.2) is 36.0 Å². The first kappa shape index (κ1) is 15.5. The summed E-state index contributed by atoms with van der Waals surface area (Å²) in [6, 6.07) is 7.39. The number of carbonyl (C=O) groups excluding carboxylic acids is 2. The van der Waals surface area contributed by atoms with Gasteiger partial charge in [-0.25, -0.2) is 4.79 Å². The van der Waals surface area contributed by atoms with Gasteiger partial charge in [0, 0.05) is 0 Å². The Kier molecular flexibility index (Phi) is 4.96. The van der Waals surface area contributed by atoms with Crippen LogP contribution in [0.4, 0.5) is 0 Å². The number of carbonyl (C=O) groups is 2. The van der Waals surface area contributed by atoms with Gasteiger partial charge in [0.25, 0.3) is 0 Å². The molecule has 5 nitrogen and oxygen atoms in total. The molecular weight excluding hydrogens is 268 g/mol. The van der Waals surface area contributed by atoms with Crippen LogP contribution in [0.25, 0.3) is 0 Å². The summed E-state index contributed by atoms with van der Waals surface area (Å²) < 4.78 is 5.09. The Morgan fingerprint density at radius 3 is 2.76 bits per heavy atom. The van der Waals surface area contributed by atoms with Gasteiger partial charge < -0.3 is 15.4 Å². The fourth-order valence-corrected chi connectivity index (χ4v) is 2.94. The Bertz CT molecular complexity index is 530. The molecule has 0 saturated carbocycles. The first-order valence-corrected chi connectivity index (χ1v) is 7.33. The molecule has 1 saturated heterocycles. The van der Waals surface area contributed by atoms with Crippen molar-refractivity contribution in [3.8, 4) is 0 Å². The summed E-state index contributed by atoms with van der Waals surface area (Å²) in [6.45, 7) is 3.99. The van der Waals surface area contributed by atoms with E-state index in [1.54, 1.807) is 11.8 Å². The normalized spacial score (nSPS) is 21.4. The Morgan fingerprint density at radius 2 is 2.14 bits per heavy atom. The molecule has 0 unspecified atom stereocenters. The average Bonchev–Trinajstić information content (AvgIpc) is 2.91. The van der Waals surface area contributed by atoms with E-state index in [-0.39, 0.29) is 24.5 Å². The van der Waals surface area contributed by atoms with Gasteiger partial charge in [-0.1, -0.05) is 29.8 Å². The van der Waals surface area contributed by atoms with Gasteiger partial charge in [0.15, 0.2) is 0 Å². The van der Waals surface area contributed by atoms with Crippen molar-refractivity contribution in [2.45, 2.75) is 38.8 Å². The van der Waals surface area contributed by atoms with Crippen molar-refractivity contribution >= 4 is 11.9 Å². The van der Waals surface area contributed by atoms with Gasteiger partial charge in [-0.2, -0.15) is 0 Å². The lowest BCUT2D eigenvalue weighted by molar-refractivity contribution is -0.153. The molecule has 1 aromatic rings. The van der Waals surface area contributed by atoms with E-state index in [2.05, 4.69) is 6.07 Å². The molecule has 0 aromatic heterocycles. The largest absolute Gasteiger partial charge is 0.464 e.